The molecular weight excluding hydrogens is 466 g/mol. The van der Waals surface area contributed by atoms with Crippen molar-refractivity contribution in [3.05, 3.63) is 28.9 Å². The van der Waals surface area contributed by atoms with Crippen LogP contribution >= 0.6 is 11.6 Å². The summed E-state index contributed by atoms with van der Waals surface area (Å²) in [5.41, 5.74) is 0.311. The quantitative estimate of drug-likeness (QED) is 0.662. The lowest BCUT2D eigenvalue weighted by Crippen LogP contribution is -2.50. The molecule has 2 saturated heterocycles. The zero-order valence-corrected chi connectivity index (χ0v) is 18.9. The smallest absolute Gasteiger partial charge is 0.280 e. The first-order valence-corrected chi connectivity index (χ1v) is 12.7. The number of rotatable bonds is 5. The molecule has 2 aliphatic heterocycles. The van der Waals surface area contributed by atoms with E-state index in [4.69, 9.17) is 11.6 Å². The Hall–Kier alpha value is -1.82. The van der Waals surface area contributed by atoms with Crippen LogP contribution in [0.5, 0.6) is 0 Å². The number of aliphatic hydroxyl groups excluding tert-OH is 1. The predicted octanol–water partition coefficient (Wildman–Crippen LogP) is 1.85. The maximum absolute atomic E-state index is 15.2. The van der Waals surface area contributed by atoms with E-state index in [1.165, 1.54) is 17.2 Å². The number of benzene rings is 1. The lowest BCUT2D eigenvalue weighted by atomic mass is 9.85. The number of aromatic amines is 1. The van der Waals surface area contributed by atoms with Gasteiger partial charge in [0.2, 0.25) is 5.91 Å². The Morgan fingerprint density at radius 3 is 2.56 bits per heavy atom. The highest BCUT2D eigenvalue weighted by Crippen LogP contribution is 2.44. The van der Waals surface area contributed by atoms with Gasteiger partial charge < -0.3 is 10.0 Å². The number of carbonyl (C=O) groups excluding carboxylic acids is 1. The minimum Gasteiger partial charge on any atom is -0.382 e. The van der Waals surface area contributed by atoms with Crippen molar-refractivity contribution < 1.29 is 27.1 Å². The van der Waals surface area contributed by atoms with Crippen LogP contribution in [0.3, 0.4) is 0 Å². The van der Waals surface area contributed by atoms with Crippen LogP contribution in [0.25, 0.3) is 10.9 Å². The van der Waals surface area contributed by atoms with E-state index in [1.807, 2.05) is 0 Å². The van der Waals surface area contributed by atoms with Crippen molar-refractivity contribution in [2.24, 2.45) is 5.92 Å². The van der Waals surface area contributed by atoms with Gasteiger partial charge in [0.15, 0.2) is 9.84 Å². The molecule has 0 aliphatic carbocycles. The molecule has 1 aromatic carbocycles. The van der Waals surface area contributed by atoms with Crippen LogP contribution in [0.4, 0.5) is 8.78 Å². The zero-order valence-electron chi connectivity index (χ0n) is 17.3. The average Bonchev–Trinajstić information content (AvgIpc) is 3.22. The molecule has 2 aromatic rings. The van der Waals surface area contributed by atoms with Crippen molar-refractivity contribution in [2.75, 3.05) is 44.2 Å². The standard InChI is InChI=1S/C20H25ClF2N4O4S/c21-15-9-13-11-24-25-18(13)16(10-15)19(29)20(22,23)14-1-3-27(4-2-14)17(28)12-26-5-7-32(30,31)8-6-26/h9-11,14,19,29H,1-8,12H2,(H,24,25). The molecule has 8 nitrogen and oxygen atoms in total. The number of hydrogen-bond acceptors (Lipinski definition) is 6. The summed E-state index contributed by atoms with van der Waals surface area (Å²) in [6.07, 6.45) is -0.503. The number of nitrogens with zero attached hydrogens (tertiary/aromatic N) is 3. The molecule has 32 heavy (non-hydrogen) atoms. The van der Waals surface area contributed by atoms with E-state index in [1.54, 1.807) is 11.0 Å². The van der Waals surface area contributed by atoms with Gasteiger partial charge in [0.25, 0.3) is 5.92 Å². The third-order valence-corrected chi connectivity index (χ3v) is 8.22. The molecule has 0 bridgehead atoms. The van der Waals surface area contributed by atoms with Gasteiger partial charge in [-0.25, -0.2) is 17.2 Å². The number of alkyl halides is 2. The van der Waals surface area contributed by atoms with E-state index in [9.17, 15) is 18.3 Å². The van der Waals surface area contributed by atoms with Crippen molar-refractivity contribution in [1.29, 1.82) is 0 Å². The van der Waals surface area contributed by atoms with Gasteiger partial charge in [-0.15, -0.1) is 0 Å². The summed E-state index contributed by atoms with van der Waals surface area (Å²) in [4.78, 5) is 15.9. The number of aliphatic hydroxyl groups is 1. The number of nitrogens with one attached hydrogen (secondary N) is 1. The van der Waals surface area contributed by atoms with Gasteiger partial charge in [0.1, 0.15) is 6.10 Å². The van der Waals surface area contributed by atoms with Crippen LogP contribution in [-0.4, -0.2) is 89.6 Å². The second kappa shape index (κ2) is 8.85. The molecule has 0 radical (unpaired) electrons. The van der Waals surface area contributed by atoms with Gasteiger partial charge in [-0.2, -0.15) is 5.10 Å². The molecule has 1 aromatic heterocycles. The van der Waals surface area contributed by atoms with E-state index in [-0.39, 0.29) is 60.5 Å². The number of hydrogen-bond donors (Lipinski definition) is 2. The molecule has 176 valence electrons. The van der Waals surface area contributed by atoms with Crippen LogP contribution in [0.1, 0.15) is 24.5 Å². The molecule has 0 saturated carbocycles. The highest BCUT2D eigenvalue weighted by Gasteiger charge is 2.49. The van der Waals surface area contributed by atoms with Gasteiger partial charge in [-0.05, 0) is 25.0 Å². The topological polar surface area (TPSA) is 107 Å². The highest BCUT2D eigenvalue weighted by molar-refractivity contribution is 7.91. The molecular formula is C20H25ClF2N4O4S. The maximum atomic E-state index is 15.2. The molecule has 1 unspecified atom stereocenters. The van der Waals surface area contributed by atoms with Crippen molar-refractivity contribution in [3.8, 4) is 0 Å². The van der Waals surface area contributed by atoms with Crippen molar-refractivity contribution in [2.45, 2.75) is 24.9 Å². The summed E-state index contributed by atoms with van der Waals surface area (Å²) in [5, 5.41) is 17.8. The first-order valence-electron chi connectivity index (χ1n) is 10.5. The monoisotopic (exact) mass is 490 g/mol. The number of halogens is 3. The number of fused-ring (bicyclic) bond motifs is 1. The Bertz CT molecular complexity index is 1090. The molecule has 12 heteroatoms. The Morgan fingerprint density at radius 1 is 1.25 bits per heavy atom. The van der Waals surface area contributed by atoms with Gasteiger partial charge in [0.05, 0.1) is 29.8 Å². The van der Waals surface area contributed by atoms with E-state index in [0.717, 1.165) is 0 Å². The number of amides is 1. The van der Waals surface area contributed by atoms with Crippen LogP contribution in [0.15, 0.2) is 18.3 Å². The summed E-state index contributed by atoms with van der Waals surface area (Å²) in [5.74, 6) is -4.66. The summed E-state index contributed by atoms with van der Waals surface area (Å²) in [6, 6.07) is 2.90. The van der Waals surface area contributed by atoms with Gasteiger partial charge in [-0.3, -0.25) is 14.8 Å². The van der Waals surface area contributed by atoms with Gasteiger partial charge in [0, 0.05) is 48.1 Å². The van der Waals surface area contributed by atoms with E-state index >= 15 is 8.78 Å². The van der Waals surface area contributed by atoms with Gasteiger partial charge >= 0.3 is 0 Å². The first kappa shape index (κ1) is 23.3. The number of piperidine rings is 1. The molecule has 4 rings (SSSR count). The van der Waals surface area contributed by atoms with Gasteiger partial charge in [-0.1, -0.05) is 11.6 Å². The molecule has 3 heterocycles. The largest absolute Gasteiger partial charge is 0.382 e. The molecule has 2 N–H and O–H groups in total. The number of sulfone groups is 1. The Balaban J connectivity index is 1.37. The minimum absolute atomic E-state index is 0.00597. The summed E-state index contributed by atoms with van der Waals surface area (Å²) < 4.78 is 53.5. The summed E-state index contributed by atoms with van der Waals surface area (Å²) in [7, 11) is -3.03. The highest BCUT2D eigenvalue weighted by atomic mass is 35.5. The summed E-state index contributed by atoms with van der Waals surface area (Å²) >= 11 is 6.03. The maximum Gasteiger partial charge on any atom is 0.280 e. The number of likely N-dealkylation sites (tertiary alicyclic amines) is 1. The average molecular weight is 491 g/mol. The normalized spacial score (nSPS) is 21.7. The first-order chi connectivity index (χ1) is 15.1. The van der Waals surface area contributed by atoms with E-state index in [2.05, 4.69) is 10.2 Å². The summed E-state index contributed by atoms with van der Waals surface area (Å²) in [6.45, 7) is 1.01. The lowest BCUT2D eigenvalue weighted by Gasteiger charge is -2.38. The predicted molar refractivity (Wildman–Crippen MR) is 115 cm³/mol. The second-order valence-corrected chi connectivity index (χ2v) is 11.2. The fourth-order valence-corrected chi connectivity index (χ4v) is 5.92. The Kier molecular flexibility index (Phi) is 6.45. The Morgan fingerprint density at radius 2 is 1.91 bits per heavy atom. The van der Waals surface area contributed by atoms with Crippen molar-refractivity contribution in [1.82, 2.24) is 20.0 Å². The van der Waals surface area contributed by atoms with Crippen LogP contribution in [0.2, 0.25) is 5.02 Å². The van der Waals surface area contributed by atoms with Crippen molar-refractivity contribution in [3.63, 3.8) is 0 Å². The Labute approximate surface area is 189 Å². The van der Waals surface area contributed by atoms with Crippen LogP contribution in [0, 0.1) is 5.92 Å². The SMILES string of the molecule is O=C(CN1CCS(=O)(=O)CC1)N1CCC(C(F)(F)C(O)c2cc(Cl)cc3cn[nH]c23)CC1. The fraction of sp³-hybridized carbons (Fsp3) is 0.600. The van der Waals surface area contributed by atoms with E-state index in [0.29, 0.717) is 24.0 Å². The molecule has 2 aliphatic rings. The van der Waals surface area contributed by atoms with Crippen LogP contribution in [-0.2, 0) is 14.6 Å². The molecule has 0 spiro atoms. The van der Waals surface area contributed by atoms with Crippen LogP contribution < -0.4 is 0 Å². The number of aromatic nitrogens is 2. The van der Waals surface area contributed by atoms with E-state index < -0.39 is 27.8 Å². The lowest BCUT2D eigenvalue weighted by molar-refractivity contribution is -0.164. The zero-order chi connectivity index (χ0) is 23.1. The fourth-order valence-electron chi connectivity index (χ4n) is 4.41. The molecule has 1 amide bonds. The molecule has 1 atom stereocenters. The van der Waals surface area contributed by atoms with Crippen molar-refractivity contribution >= 4 is 38.2 Å². The third-order valence-electron chi connectivity index (χ3n) is 6.39. The minimum atomic E-state index is -3.42. The third kappa shape index (κ3) is 4.75. The number of H-pyrrole nitrogens is 1. The molecule has 2 fully saturated rings. The second-order valence-electron chi connectivity index (χ2n) is 8.49. The number of carbonyl (C=O) groups is 1.